The number of hydrogen-bond donors (Lipinski definition) is 3. The van der Waals surface area contributed by atoms with Crippen molar-refractivity contribution in [3.8, 4) is 0 Å². The number of amides is 2. The highest BCUT2D eigenvalue weighted by Gasteiger charge is 2.18. The average molecular weight is 388 g/mol. The van der Waals surface area contributed by atoms with Crippen molar-refractivity contribution in [1.82, 2.24) is 5.32 Å². The second-order valence-corrected chi connectivity index (χ2v) is 7.48. The van der Waals surface area contributed by atoms with Crippen LogP contribution in [-0.2, 0) is 6.54 Å². The molecular weight excluding hydrogens is 362 g/mol. The van der Waals surface area contributed by atoms with E-state index in [0.717, 1.165) is 37.1 Å². The number of benzene rings is 2. The number of halogens is 1. The molecule has 3 rings (SSSR count). The number of hydrogen-bond acceptors (Lipinski definition) is 3. The van der Waals surface area contributed by atoms with Crippen LogP contribution in [0.25, 0.3) is 0 Å². The number of rotatable bonds is 5. The summed E-state index contributed by atoms with van der Waals surface area (Å²) in [7, 11) is 0. The Kier molecular flexibility index (Phi) is 6.58. The maximum atomic E-state index is 12.1. The van der Waals surface area contributed by atoms with E-state index in [0.29, 0.717) is 23.2 Å². The quantitative estimate of drug-likeness (QED) is 0.721. The van der Waals surface area contributed by atoms with Gasteiger partial charge < -0.3 is 20.6 Å². The molecule has 1 aliphatic rings. The summed E-state index contributed by atoms with van der Waals surface area (Å²) < 4.78 is 0. The molecule has 0 bridgehead atoms. The zero-order chi connectivity index (χ0) is 19.2. The van der Waals surface area contributed by atoms with E-state index in [9.17, 15) is 9.90 Å². The Bertz CT molecular complexity index is 771. The lowest BCUT2D eigenvalue weighted by molar-refractivity contribution is 0.203. The molecule has 144 valence electrons. The number of aliphatic hydroxyl groups is 1. The van der Waals surface area contributed by atoms with Gasteiger partial charge in [-0.05, 0) is 61.1 Å². The fourth-order valence-electron chi connectivity index (χ4n) is 3.27. The summed E-state index contributed by atoms with van der Waals surface area (Å²) in [6.07, 6.45) is 2.06. The number of piperidine rings is 1. The summed E-state index contributed by atoms with van der Waals surface area (Å²) in [4.78, 5) is 14.4. The Labute approximate surface area is 165 Å². The largest absolute Gasteiger partial charge is 0.396 e. The zero-order valence-corrected chi connectivity index (χ0v) is 16.3. The van der Waals surface area contributed by atoms with Gasteiger partial charge in [0.15, 0.2) is 0 Å². The van der Waals surface area contributed by atoms with E-state index in [-0.39, 0.29) is 12.6 Å². The minimum absolute atomic E-state index is 0.282. The number of anilines is 2. The molecule has 0 atom stereocenters. The first kappa shape index (κ1) is 19.5. The van der Waals surface area contributed by atoms with E-state index in [1.54, 1.807) is 6.07 Å². The van der Waals surface area contributed by atoms with E-state index in [1.165, 1.54) is 5.69 Å². The minimum Gasteiger partial charge on any atom is -0.396 e. The lowest BCUT2D eigenvalue weighted by atomic mass is 9.97. The highest BCUT2D eigenvalue weighted by molar-refractivity contribution is 6.33. The minimum atomic E-state index is -0.282. The Morgan fingerprint density at radius 2 is 1.89 bits per heavy atom. The van der Waals surface area contributed by atoms with E-state index in [4.69, 9.17) is 11.6 Å². The van der Waals surface area contributed by atoms with Crippen LogP contribution in [0.2, 0.25) is 5.02 Å². The zero-order valence-electron chi connectivity index (χ0n) is 15.5. The fraction of sp³-hybridized carbons (Fsp3) is 0.381. The lowest BCUT2D eigenvalue weighted by Gasteiger charge is -2.33. The SMILES string of the molecule is Cc1ccc(NC(=O)NCc2ccc(N3CCC(CO)CC3)cc2)c(Cl)c1. The molecule has 2 amide bonds. The van der Waals surface area contributed by atoms with Crippen molar-refractivity contribution in [2.45, 2.75) is 26.3 Å². The van der Waals surface area contributed by atoms with Gasteiger partial charge in [-0.15, -0.1) is 0 Å². The number of nitrogens with one attached hydrogen (secondary N) is 2. The number of carbonyl (C=O) groups excluding carboxylic acids is 1. The molecule has 2 aromatic rings. The van der Waals surface area contributed by atoms with E-state index in [1.807, 2.05) is 31.2 Å². The Morgan fingerprint density at radius 3 is 2.52 bits per heavy atom. The summed E-state index contributed by atoms with van der Waals surface area (Å²) in [5.41, 5.74) is 3.87. The highest BCUT2D eigenvalue weighted by Crippen LogP contribution is 2.24. The molecule has 1 saturated heterocycles. The standard InChI is InChI=1S/C21H26ClN3O2/c1-15-2-7-20(19(22)12-15)24-21(27)23-13-16-3-5-18(6-4-16)25-10-8-17(14-26)9-11-25/h2-7,12,17,26H,8-11,13-14H2,1H3,(H2,23,24,27). The monoisotopic (exact) mass is 387 g/mol. The molecular formula is C21H26ClN3O2. The summed E-state index contributed by atoms with van der Waals surface area (Å²) in [6, 6.07) is 13.5. The van der Waals surface area contributed by atoms with Crippen molar-refractivity contribution in [2.75, 3.05) is 29.9 Å². The molecule has 5 nitrogen and oxygen atoms in total. The molecule has 1 aliphatic heterocycles. The van der Waals surface area contributed by atoms with Crippen LogP contribution in [0.3, 0.4) is 0 Å². The fourth-order valence-corrected chi connectivity index (χ4v) is 3.55. The number of aryl methyl sites for hydroxylation is 1. The molecule has 2 aromatic carbocycles. The number of carbonyl (C=O) groups is 1. The molecule has 0 spiro atoms. The Balaban J connectivity index is 1.49. The van der Waals surface area contributed by atoms with Crippen molar-refractivity contribution in [1.29, 1.82) is 0 Å². The van der Waals surface area contributed by atoms with E-state index in [2.05, 4.69) is 27.7 Å². The second kappa shape index (κ2) is 9.11. The van der Waals surface area contributed by atoms with Gasteiger partial charge in [-0.3, -0.25) is 0 Å². The number of aliphatic hydroxyl groups excluding tert-OH is 1. The molecule has 6 heteroatoms. The van der Waals surface area contributed by atoms with Crippen LogP contribution in [0.5, 0.6) is 0 Å². The third kappa shape index (κ3) is 5.37. The van der Waals surface area contributed by atoms with Crippen LogP contribution in [0.4, 0.5) is 16.2 Å². The molecule has 0 radical (unpaired) electrons. The molecule has 0 unspecified atom stereocenters. The molecule has 0 aromatic heterocycles. The van der Waals surface area contributed by atoms with Crippen molar-refractivity contribution in [3.05, 3.63) is 58.6 Å². The van der Waals surface area contributed by atoms with Crippen molar-refractivity contribution in [3.63, 3.8) is 0 Å². The van der Waals surface area contributed by atoms with Crippen LogP contribution in [0, 0.1) is 12.8 Å². The lowest BCUT2D eigenvalue weighted by Crippen LogP contribution is -2.34. The van der Waals surface area contributed by atoms with Gasteiger partial charge in [0.05, 0.1) is 10.7 Å². The maximum absolute atomic E-state index is 12.1. The first-order valence-corrected chi connectivity index (χ1v) is 9.68. The third-order valence-electron chi connectivity index (χ3n) is 5.00. The second-order valence-electron chi connectivity index (χ2n) is 7.07. The normalized spacial score (nSPS) is 14.9. The van der Waals surface area contributed by atoms with Gasteiger partial charge in [0.1, 0.15) is 0 Å². The predicted octanol–water partition coefficient (Wildman–Crippen LogP) is 4.18. The van der Waals surface area contributed by atoms with E-state index < -0.39 is 0 Å². The molecule has 0 aliphatic carbocycles. The van der Waals surface area contributed by atoms with Gasteiger partial charge in [-0.25, -0.2) is 4.79 Å². The number of urea groups is 1. The van der Waals surface area contributed by atoms with Crippen LogP contribution in [0.15, 0.2) is 42.5 Å². The van der Waals surface area contributed by atoms with Gasteiger partial charge in [-0.2, -0.15) is 0 Å². The first-order chi connectivity index (χ1) is 13.0. The van der Waals surface area contributed by atoms with Gasteiger partial charge in [0.2, 0.25) is 0 Å². The topological polar surface area (TPSA) is 64.6 Å². The van der Waals surface area contributed by atoms with Crippen molar-refractivity contribution < 1.29 is 9.90 Å². The summed E-state index contributed by atoms with van der Waals surface area (Å²) in [5.74, 6) is 0.435. The van der Waals surface area contributed by atoms with Crippen LogP contribution < -0.4 is 15.5 Å². The highest BCUT2D eigenvalue weighted by atomic mass is 35.5. The molecule has 3 N–H and O–H groups in total. The molecule has 0 saturated carbocycles. The summed E-state index contributed by atoms with van der Waals surface area (Å²) in [5, 5.41) is 15.4. The Morgan fingerprint density at radius 1 is 1.19 bits per heavy atom. The number of nitrogens with zero attached hydrogens (tertiary/aromatic N) is 1. The van der Waals surface area contributed by atoms with Gasteiger partial charge in [0.25, 0.3) is 0 Å². The Hall–Kier alpha value is -2.24. The smallest absolute Gasteiger partial charge is 0.319 e. The van der Waals surface area contributed by atoms with Gasteiger partial charge >= 0.3 is 6.03 Å². The molecule has 1 heterocycles. The summed E-state index contributed by atoms with van der Waals surface area (Å²) in [6.45, 7) is 4.63. The van der Waals surface area contributed by atoms with Crippen molar-refractivity contribution >= 4 is 29.0 Å². The molecule has 27 heavy (non-hydrogen) atoms. The van der Waals surface area contributed by atoms with Gasteiger partial charge in [0, 0.05) is 31.9 Å². The average Bonchev–Trinajstić information content (AvgIpc) is 2.69. The summed E-state index contributed by atoms with van der Waals surface area (Å²) >= 11 is 6.14. The van der Waals surface area contributed by atoms with Crippen LogP contribution in [0.1, 0.15) is 24.0 Å². The van der Waals surface area contributed by atoms with Crippen LogP contribution >= 0.6 is 11.6 Å². The molecule has 1 fully saturated rings. The van der Waals surface area contributed by atoms with Crippen LogP contribution in [-0.4, -0.2) is 30.8 Å². The van der Waals surface area contributed by atoms with Gasteiger partial charge in [-0.1, -0.05) is 29.8 Å². The van der Waals surface area contributed by atoms with Crippen molar-refractivity contribution in [2.24, 2.45) is 5.92 Å². The maximum Gasteiger partial charge on any atom is 0.319 e. The predicted molar refractivity (Wildman–Crippen MR) is 111 cm³/mol. The van der Waals surface area contributed by atoms with E-state index >= 15 is 0 Å². The first-order valence-electron chi connectivity index (χ1n) is 9.31. The third-order valence-corrected chi connectivity index (χ3v) is 5.31.